The van der Waals surface area contributed by atoms with E-state index in [4.69, 9.17) is 16.3 Å². The highest BCUT2D eigenvalue weighted by atomic mass is 35.5. The van der Waals surface area contributed by atoms with Crippen molar-refractivity contribution in [3.8, 4) is 11.4 Å². The van der Waals surface area contributed by atoms with Crippen LogP contribution in [0.3, 0.4) is 0 Å². The van der Waals surface area contributed by atoms with Crippen molar-refractivity contribution < 1.29 is 13.5 Å². The van der Waals surface area contributed by atoms with Gasteiger partial charge in [0.1, 0.15) is 11.6 Å². The first kappa shape index (κ1) is 14.1. The molecule has 5 nitrogen and oxygen atoms in total. The molecule has 2 heterocycles. The Morgan fingerprint density at radius 3 is 2.62 bits per heavy atom. The van der Waals surface area contributed by atoms with Gasteiger partial charge in [-0.2, -0.15) is 15.0 Å². The molecule has 0 atom stereocenters. The number of nitrogens with zero attached hydrogens (tertiary/aromatic N) is 4. The van der Waals surface area contributed by atoms with Gasteiger partial charge in [-0.1, -0.05) is 0 Å². The molecule has 0 spiro atoms. The molecule has 0 N–H and O–H groups in total. The quantitative estimate of drug-likeness (QED) is 0.851. The van der Waals surface area contributed by atoms with Crippen LogP contribution in [0.4, 0.5) is 14.7 Å². The Hall–Kier alpha value is -1.86. The molecule has 0 amide bonds. The molecule has 0 saturated carbocycles. The second kappa shape index (κ2) is 5.87. The van der Waals surface area contributed by atoms with Crippen molar-refractivity contribution in [3.05, 3.63) is 35.1 Å². The van der Waals surface area contributed by atoms with Crippen LogP contribution < -0.4 is 4.90 Å². The first-order chi connectivity index (χ1) is 10.1. The molecule has 1 aromatic heterocycles. The SMILES string of the molecule is Fc1ccc(F)c(-c2nc(Cl)nc(N3CCOCC3)n2)c1. The first-order valence-electron chi connectivity index (χ1n) is 6.33. The minimum atomic E-state index is -0.619. The highest BCUT2D eigenvalue weighted by molar-refractivity contribution is 6.28. The lowest BCUT2D eigenvalue weighted by Crippen LogP contribution is -2.37. The number of anilines is 1. The fourth-order valence-electron chi connectivity index (χ4n) is 2.03. The molecule has 3 rings (SSSR count). The molecule has 21 heavy (non-hydrogen) atoms. The topological polar surface area (TPSA) is 51.1 Å². The average Bonchev–Trinajstić information content (AvgIpc) is 2.50. The molecule has 1 aliphatic rings. The summed E-state index contributed by atoms with van der Waals surface area (Å²) in [4.78, 5) is 14.0. The van der Waals surface area contributed by atoms with E-state index in [2.05, 4.69) is 15.0 Å². The second-order valence-corrected chi connectivity index (χ2v) is 4.79. The molecular formula is C13H11ClF2N4O. The van der Waals surface area contributed by atoms with Crippen LogP contribution in [0.5, 0.6) is 0 Å². The summed E-state index contributed by atoms with van der Waals surface area (Å²) >= 11 is 5.87. The van der Waals surface area contributed by atoms with Gasteiger partial charge in [0.15, 0.2) is 5.82 Å². The van der Waals surface area contributed by atoms with Gasteiger partial charge in [0, 0.05) is 13.1 Å². The first-order valence-corrected chi connectivity index (χ1v) is 6.71. The number of benzene rings is 1. The third-order valence-electron chi connectivity index (χ3n) is 3.06. The van der Waals surface area contributed by atoms with Crippen LogP contribution in [0, 0.1) is 11.6 Å². The molecule has 0 radical (unpaired) electrons. The second-order valence-electron chi connectivity index (χ2n) is 4.45. The summed E-state index contributed by atoms with van der Waals surface area (Å²) < 4.78 is 32.4. The number of hydrogen-bond donors (Lipinski definition) is 0. The highest BCUT2D eigenvalue weighted by Gasteiger charge is 2.18. The molecular weight excluding hydrogens is 302 g/mol. The molecule has 1 fully saturated rings. The predicted octanol–water partition coefficient (Wildman–Crippen LogP) is 2.31. The van der Waals surface area contributed by atoms with Crippen LogP contribution in [0.15, 0.2) is 18.2 Å². The van der Waals surface area contributed by atoms with Gasteiger partial charge in [0.25, 0.3) is 0 Å². The predicted molar refractivity (Wildman–Crippen MR) is 73.2 cm³/mol. The zero-order valence-corrected chi connectivity index (χ0v) is 11.6. The Morgan fingerprint density at radius 2 is 1.86 bits per heavy atom. The molecule has 0 aliphatic carbocycles. The van der Waals surface area contributed by atoms with Gasteiger partial charge in [0.05, 0.1) is 18.8 Å². The summed E-state index contributed by atoms with van der Waals surface area (Å²) in [5.74, 6) is -0.854. The maximum absolute atomic E-state index is 13.8. The summed E-state index contributed by atoms with van der Waals surface area (Å²) in [6.45, 7) is 2.30. The molecule has 1 aromatic carbocycles. The molecule has 1 saturated heterocycles. The Balaban J connectivity index is 2.02. The summed E-state index contributed by atoms with van der Waals surface area (Å²) in [5.41, 5.74) is -0.0474. The Bertz CT molecular complexity index is 665. The lowest BCUT2D eigenvalue weighted by molar-refractivity contribution is 0.122. The van der Waals surface area contributed by atoms with E-state index in [0.717, 1.165) is 18.2 Å². The van der Waals surface area contributed by atoms with E-state index in [1.54, 1.807) is 0 Å². The Morgan fingerprint density at radius 1 is 1.10 bits per heavy atom. The number of hydrogen-bond acceptors (Lipinski definition) is 5. The van der Waals surface area contributed by atoms with Gasteiger partial charge in [-0.3, -0.25) is 0 Å². The van der Waals surface area contributed by atoms with Crippen LogP contribution in [-0.4, -0.2) is 41.3 Å². The van der Waals surface area contributed by atoms with E-state index in [1.807, 2.05) is 4.90 Å². The van der Waals surface area contributed by atoms with E-state index in [1.165, 1.54) is 0 Å². The summed E-state index contributed by atoms with van der Waals surface area (Å²) in [6.07, 6.45) is 0. The van der Waals surface area contributed by atoms with Gasteiger partial charge in [0.2, 0.25) is 11.2 Å². The van der Waals surface area contributed by atoms with E-state index < -0.39 is 11.6 Å². The van der Waals surface area contributed by atoms with Crippen LogP contribution in [-0.2, 0) is 4.74 Å². The zero-order chi connectivity index (χ0) is 14.8. The minimum Gasteiger partial charge on any atom is -0.378 e. The summed E-state index contributed by atoms with van der Waals surface area (Å²) in [7, 11) is 0. The van der Waals surface area contributed by atoms with Gasteiger partial charge >= 0.3 is 0 Å². The number of morpholine rings is 1. The van der Waals surface area contributed by atoms with Crippen LogP contribution in [0.25, 0.3) is 11.4 Å². The molecule has 0 unspecified atom stereocenters. The van der Waals surface area contributed by atoms with Crippen molar-refractivity contribution in [2.45, 2.75) is 0 Å². The molecule has 2 aromatic rings. The minimum absolute atomic E-state index is 0.00786. The lowest BCUT2D eigenvalue weighted by atomic mass is 10.2. The van der Waals surface area contributed by atoms with Gasteiger partial charge < -0.3 is 9.64 Å². The number of aromatic nitrogens is 3. The Labute approximate surface area is 124 Å². The largest absolute Gasteiger partial charge is 0.378 e. The Kier molecular flexibility index (Phi) is 3.94. The van der Waals surface area contributed by atoms with Gasteiger partial charge in [-0.05, 0) is 29.8 Å². The third-order valence-corrected chi connectivity index (χ3v) is 3.23. The molecule has 1 aliphatic heterocycles. The number of halogens is 3. The fraction of sp³-hybridized carbons (Fsp3) is 0.308. The van der Waals surface area contributed by atoms with Crippen LogP contribution in [0.1, 0.15) is 0 Å². The normalized spacial score (nSPS) is 15.3. The van der Waals surface area contributed by atoms with Gasteiger partial charge in [-0.15, -0.1) is 0 Å². The monoisotopic (exact) mass is 312 g/mol. The maximum atomic E-state index is 13.8. The van der Waals surface area contributed by atoms with E-state index >= 15 is 0 Å². The van der Waals surface area contributed by atoms with E-state index in [0.29, 0.717) is 32.3 Å². The van der Waals surface area contributed by atoms with Crippen LogP contribution in [0.2, 0.25) is 5.28 Å². The smallest absolute Gasteiger partial charge is 0.230 e. The molecule has 8 heteroatoms. The van der Waals surface area contributed by atoms with Crippen molar-refractivity contribution >= 4 is 17.5 Å². The lowest BCUT2D eigenvalue weighted by Gasteiger charge is -2.26. The number of rotatable bonds is 2. The third kappa shape index (κ3) is 3.08. The van der Waals surface area contributed by atoms with Crippen molar-refractivity contribution in [1.29, 1.82) is 0 Å². The fourth-order valence-corrected chi connectivity index (χ4v) is 2.19. The molecule has 0 bridgehead atoms. The number of ether oxygens (including phenoxy) is 1. The van der Waals surface area contributed by atoms with Crippen molar-refractivity contribution in [2.24, 2.45) is 0 Å². The van der Waals surface area contributed by atoms with Crippen molar-refractivity contribution in [2.75, 3.05) is 31.2 Å². The average molecular weight is 313 g/mol. The summed E-state index contributed by atoms with van der Waals surface area (Å²) in [5, 5.41) is -0.0647. The summed E-state index contributed by atoms with van der Waals surface area (Å²) in [6, 6.07) is 3.09. The highest BCUT2D eigenvalue weighted by Crippen LogP contribution is 2.23. The van der Waals surface area contributed by atoms with Gasteiger partial charge in [-0.25, -0.2) is 8.78 Å². The van der Waals surface area contributed by atoms with E-state index in [9.17, 15) is 8.78 Å². The van der Waals surface area contributed by atoms with Crippen molar-refractivity contribution in [3.63, 3.8) is 0 Å². The standard InChI is InChI=1S/C13H11ClF2N4O/c14-12-17-11(9-7-8(15)1-2-10(9)16)18-13(19-12)20-3-5-21-6-4-20/h1-2,7H,3-6H2. The maximum Gasteiger partial charge on any atom is 0.230 e. The zero-order valence-electron chi connectivity index (χ0n) is 10.9. The van der Waals surface area contributed by atoms with E-state index in [-0.39, 0.29) is 16.7 Å². The van der Waals surface area contributed by atoms with Crippen LogP contribution >= 0.6 is 11.6 Å². The van der Waals surface area contributed by atoms with Crippen molar-refractivity contribution in [1.82, 2.24) is 15.0 Å². The molecule has 110 valence electrons.